The van der Waals surface area contributed by atoms with Crippen molar-refractivity contribution in [2.45, 2.75) is 33.7 Å². The second kappa shape index (κ2) is 8.40. The van der Waals surface area contributed by atoms with Gasteiger partial charge < -0.3 is 4.90 Å². The molecule has 7 heteroatoms. The zero-order chi connectivity index (χ0) is 22.2. The number of nitrogens with zero attached hydrogens (tertiary/aromatic N) is 2. The molecule has 0 unspecified atom stereocenters. The summed E-state index contributed by atoms with van der Waals surface area (Å²) in [5.74, 6) is -0.228. The molecule has 0 aliphatic carbocycles. The first-order chi connectivity index (χ1) is 14.7. The summed E-state index contributed by atoms with van der Waals surface area (Å²) in [6.07, 6.45) is 4.12. The minimum Gasteiger partial charge on any atom is -0.310 e. The molecule has 0 spiro atoms. The Balaban J connectivity index is 1.77. The lowest BCUT2D eigenvalue weighted by Gasteiger charge is -2.17. The van der Waals surface area contributed by atoms with Gasteiger partial charge in [0, 0.05) is 23.7 Å². The normalized spacial score (nSPS) is 14.9. The number of Topliss-reactive ketones (excluding diaryl/α,β-unsaturated/α-hetero) is 1. The second-order valence-corrected chi connectivity index (χ2v) is 10.4. The fraction of sp³-hybridized carbons (Fsp3) is 0.292. The molecule has 0 bridgehead atoms. The summed E-state index contributed by atoms with van der Waals surface area (Å²) in [7, 11) is 0. The molecule has 0 fully saturated rings. The van der Waals surface area contributed by atoms with Gasteiger partial charge in [0.25, 0.3) is 5.56 Å². The summed E-state index contributed by atoms with van der Waals surface area (Å²) in [5, 5.41) is 3.90. The maximum absolute atomic E-state index is 13.2. The predicted octanol–water partition coefficient (Wildman–Crippen LogP) is 2.79. The highest BCUT2D eigenvalue weighted by molar-refractivity contribution is 7.08. The van der Waals surface area contributed by atoms with Crippen LogP contribution in [-0.4, -0.2) is 22.8 Å². The highest BCUT2D eigenvalue weighted by Crippen LogP contribution is 2.27. The van der Waals surface area contributed by atoms with Gasteiger partial charge in [-0.1, -0.05) is 39.0 Å². The summed E-state index contributed by atoms with van der Waals surface area (Å²) < 4.78 is 2.46. The Kier molecular flexibility index (Phi) is 5.81. The molecule has 3 heterocycles. The summed E-state index contributed by atoms with van der Waals surface area (Å²) in [5.41, 5.74) is 2.15. The van der Waals surface area contributed by atoms with E-state index in [0.29, 0.717) is 15.7 Å². The van der Waals surface area contributed by atoms with Crippen molar-refractivity contribution in [3.8, 4) is 0 Å². The van der Waals surface area contributed by atoms with Gasteiger partial charge in [-0.15, -0.1) is 11.3 Å². The molecule has 31 heavy (non-hydrogen) atoms. The molecule has 1 aromatic carbocycles. The first-order valence-corrected chi connectivity index (χ1v) is 11.9. The number of para-hydroxylation sites is 1. The van der Waals surface area contributed by atoms with Gasteiger partial charge in [0.05, 0.1) is 4.53 Å². The standard InChI is InChI=1S/C24H24N2O3S2/c1-24(2,3)20(27)13-22-26(23(29)19(31-22)12-16-9-11-30-15-16)14-21(28)25-10-8-17-6-4-5-7-18(17)25/h4-7,9,11-13,15H,8,10,14H2,1-3H3. The molecule has 1 amide bonds. The average molecular weight is 453 g/mol. The van der Waals surface area contributed by atoms with E-state index in [1.807, 2.05) is 67.9 Å². The Labute approximate surface area is 188 Å². The summed E-state index contributed by atoms with van der Waals surface area (Å²) in [4.78, 5) is 40.7. The van der Waals surface area contributed by atoms with E-state index >= 15 is 0 Å². The van der Waals surface area contributed by atoms with E-state index in [0.717, 1.165) is 23.2 Å². The minimum absolute atomic E-state index is 0.0800. The number of aromatic nitrogens is 1. The third-order valence-corrected chi connectivity index (χ3v) is 7.01. The number of thiazole rings is 1. The van der Waals surface area contributed by atoms with Crippen LogP contribution in [0.15, 0.2) is 45.9 Å². The Morgan fingerprint density at radius 1 is 1.16 bits per heavy atom. The van der Waals surface area contributed by atoms with E-state index in [2.05, 4.69) is 0 Å². The van der Waals surface area contributed by atoms with Gasteiger partial charge in [-0.25, -0.2) is 0 Å². The van der Waals surface area contributed by atoms with Crippen LogP contribution in [0.25, 0.3) is 12.2 Å². The second-order valence-electron chi connectivity index (χ2n) is 8.58. The number of hydrogen-bond donors (Lipinski definition) is 0. The maximum Gasteiger partial charge on any atom is 0.269 e. The van der Waals surface area contributed by atoms with Crippen molar-refractivity contribution < 1.29 is 9.59 Å². The Bertz CT molecular complexity index is 1310. The number of benzene rings is 1. The molecule has 3 aromatic rings. The van der Waals surface area contributed by atoms with Crippen LogP contribution in [0.3, 0.4) is 0 Å². The van der Waals surface area contributed by atoms with Crippen LogP contribution in [0.5, 0.6) is 0 Å². The monoisotopic (exact) mass is 452 g/mol. The van der Waals surface area contributed by atoms with Crippen molar-refractivity contribution in [3.63, 3.8) is 0 Å². The van der Waals surface area contributed by atoms with Crippen molar-refractivity contribution in [2.75, 3.05) is 11.4 Å². The number of ketones is 1. The van der Waals surface area contributed by atoms with Gasteiger partial charge in [-0.05, 0) is 46.5 Å². The number of anilines is 1. The predicted molar refractivity (Wildman–Crippen MR) is 127 cm³/mol. The number of fused-ring (bicyclic) bond motifs is 1. The van der Waals surface area contributed by atoms with Crippen LogP contribution >= 0.6 is 22.7 Å². The maximum atomic E-state index is 13.2. The summed E-state index contributed by atoms with van der Waals surface area (Å²) in [6, 6.07) is 9.77. The number of carbonyl (C=O) groups is 2. The van der Waals surface area contributed by atoms with Crippen molar-refractivity contribution in [1.29, 1.82) is 0 Å². The molecule has 1 aliphatic heterocycles. The van der Waals surface area contributed by atoms with Crippen LogP contribution in [0, 0.1) is 5.41 Å². The molecule has 5 nitrogen and oxygen atoms in total. The molecule has 0 radical (unpaired) electrons. The third kappa shape index (κ3) is 4.48. The lowest BCUT2D eigenvalue weighted by molar-refractivity contribution is -0.120. The van der Waals surface area contributed by atoms with Crippen molar-refractivity contribution in [1.82, 2.24) is 4.57 Å². The van der Waals surface area contributed by atoms with Gasteiger partial charge in [0.2, 0.25) is 5.91 Å². The zero-order valence-electron chi connectivity index (χ0n) is 17.8. The average Bonchev–Trinajstić information content (AvgIpc) is 3.44. The number of rotatable bonds is 4. The highest BCUT2D eigenvalue weighted by Gasteiger charge is 2.25. The number of carbonyl (C=O) groups excluding carboxylic acids is 2. The van der Waals surface area contributed by atoms with Gasteiger partial charge in [0.15, 0.2) is 5.78 Å². The fourth-order valence-corrected chi connectivity index (χ4v) is 5.11. The molecule has 0 saturated carbocycles. The molecular formula is C24H24N2O3S2. The lowest BCUT2D eigenvalue weighted by Crippen LogP contribution is -2.40. The van der Waals surface area contributed by atoms with Gasteiger partial charge in [-0.3, -0.25) is 19.0 Å². The smallest absolute Gasteiger partial charge is 0.269 e. The van der Waals surface area contributed by atoms with Crippen LogP contribution in [0.2, 0.25) is 0 Å². The Morgan fingerprint density at radius 3 is 2.65 bits per heavy atom. The van der Waals surface area contributed by atoms with Crippen molar-refractivity contribution in [2.24, 2.45) is 5.41 Å². The first kappa shape index (κ1) is 21.5. The Hall–Kier alpha value is -2.77. The molecule has 0 N–H and O–H groups in total. The van der Waals surface area contributed by atoms with E-state index in [-0.39, 0.29) is 23.8 Å². The van der Waals surface area contributed by atoms with Gasteiger partial charge in [0.1, 0.15) is 11.2 Å². The van der Waals surface area contributed by atoms with Crippen LogP contribution < -0.4 is 19.7 Å². The molecule has 0 saturated heterocycles. The van der Waals surface area contributed by atoms with Crippen molar-refractivity contribution in [3.05, 3.63) is 71.8 Å². The van der Waals surface area contributed by atoms with Gasteiger partial charge in [-0.2, -0.15) is 11.3 Å². The molecular weight excluding hydrogens is 428 g/mol. The number of thiophene rings is 1. The number of hydrogen-bond acceptors (Lipinski definition) is 5. The largest absolute Gasteiger partial charge is 0.310 e. The van der Waals surface area contributed by atoms with E-state index < -0.39 is 5.41 Å². The number of amides is 1. The minimum atomic E-state index is -0.569. The molecule has 4 rings (SSSR count). The van der Waals surface area contributed by atoms with Gasteiger partial charge >= 0.3 is 0 Å². The Morgan fingerprint density at radius 2 is 1.94 bits per heavy atom. The van der Waals surface area contributed by atoms with Crippen molar-refractivity contribution >= 4 is 52.2 Å². The summed E-state index contributed by atoms with van der Waals surface area (Å²) in [6.45, 7) is 6.03. The van der Waals surface area contributed by atoms with E-state index in [1.54, 1.807) is 16.2 Å². The fourth-order valence-electron chi connectivity index (χ4n) is 3.45. The summed E-state index contributed by atoms with van der Waals surface area (Å²) >= 11 is 2.80. The molecule has 1 aliphatic rings. The molecule has 160 valence electrons. The quantitative estimate of drug-likeness (QED) is 0.612. The van der Waals surface area contributed by atoms with E-state index in [4.69, 9.17) is 0 Å². The SMILES string of the molecule is CC(C)(C)C(=O)C=c1sc(=Cc2ccsc2)c(=O)n1CC(=O)N1CCc2ccccc21. The zero-order valence-corrected chi connectivity index (χ0v) is 19.4. The van der Waals surface area contributed by atoms with E-state index in [9.17, 15) is 14.4 Å². The van der Waals surface area contributed by atoms with Crippen LogP contribution in [0.1, 0.15) is 31.9 Å². The highest BCUT2D eigenvalue weighted by atomic mass is 32.1. The molecule has 0 atom stereocenters. The van der Waals surface area contributed by atoms with Crippen LogP contribution in [0.4, 0.5) is 5.69 Å². The van der Waals surface area contributed by atoms with E-state index in [1.165, 1.54) is 22.0 Å². The topological polar surface area (TPSA) is 59.4 Å². The molecule has 2 aromatic heterocycles. The first-order valence-electron chi connectivity index (χ1n) is 10.1. The van der Waals surface area contributed by atoms with Crippen LogP contribution in [-0.2, 0) is 22.6 Å². The lowest BCUT2D eigenvalue weighted by atomic mass is 9.91. The third-order valence-electron chi connectivity index (χ3n) is 5.25.